The van der Waals surface area contributed by atoms with Crippen molar-refractivity contribution in [2.75, 3.05) is 20.2 Å². The Hall–Kier alpha value is -3.70. The lowest BCUT2D eigenvalue weighted by atomic mass is 9.99. The smallest absolute Gasteiger partial charge is 0.333 e. The van der Waals surface area contributed by atoms with Gasteiger partial charge in [0, 0.05) is 25.2 Å². The summed E-state index contributed by atoms with van der Waals surface area (Å²) in [7, 11) is -3.92. The first-order chi connectivity index (χ1) is 30.1. The monoisotopic (exact) mass is 964 g/mol. The molecule has 66 heavy (non-hydrogen) atoms. The number of aliphatic hydroxyl groups excluding tert-OH is 1. The van der Waals surface area contributed by atoms with Crippen LogP contribution in [-0.2, 0) is 44.0 Å². The van der Waals surface area contributed by atoms with Crippen LogP contribution in [0.1, 0.15) is 114 Å². The lowest BCUT2D eigenvalue weighted by molar-refractivity contribution is -0.166. The molecule has 0 saturated carbocycles. The fraction of sp³-hybridized carbons (Fsp3) is 0.723. The minimum atomic E-state index is -2.74. The molecule has 374 valence electrons. The van der Waals surface area contributed by atoms with E-state index in [2.05, 4.69) is 78.4 Å². The van der Waals surface area contributed by atoms with E-state index in [1.807, 2.05) is 0 Å². The number of esters is 2. The summed E-state index contributed by atoms with van der Waals surface area (Å²) in [6, 6.07) is 6.02. The molecule has 19 heteroatoms. The highest BCUT2D eigenvalue weighted by Crippen LogP contribution is 2.46. The van der Waals surface area contributed by atoms with Gasteiger partial charge in [0.2, 0.25) is 5.91 Å². The zero-order valence-corrected chi connectivity index (χ0v) is 44.7. The number of hydrogen-bond donors (Lipinski definition) is 4. The van der Waals surface area contributed by atoms with Gasteiger partial charge in [0.25, 0.3) is 5.56 Å². The van der Waals surface area contributed by atoms with Crippen molar-refractivity contribution < 1.29 is 47.3 Å². The van der Waals surface area contributed by atoms with Crippen molar-refractivity contribution in [3.05, 3.63) is 62.9 Å². The van der Waals surface area contributed by atoms with Crippen LogP contribution in [0, 0.1) is 0 Å². The van der Waals surface area contributed by atoms with Gasteiger partial charge in [0.05, 0.1) is 19.7 Å². The predicted octanol–water partition coefficient (Wildman–Crippen LogP) is 5.36. The van der Waals surface area contributed by atoms with Gasteiger partial charge in [-0.25, -0.2) is 4.79 Å². The lowest BCUT2D eigenvalue weighted by Gasteiger charge is -2.44. The van der Waals surface area contributed by atoms with E-state index in [0.29, 0.717) is 17.7 Å². The Labute approximate surface area is 394 Å². The van der Waals surface area contributed by atoms with E-state index in [1.54, 1.807) is 72.9 Å². The summed E-state index contributed by atoms with van der Waals surface area (Å²) in [5.41, 5.74) is 3.99. The number of benzene rings is 1. The van der Waals surface area contributed by atoms with E-state index >= 15 is 0 Å². The molecule has 2 heterocycles. The Morgan fingerprint density at radius 3 is 1.88 bits per heavy atom. The fourth-order valence-corrected chi connectivity index (χ4v) is 9.21. The van der Waals surface area contributed by atoms with Crippen molar-refractivity contribution in [1.29, 1.82) is 0 Å². The molecule has 1 aliphatic rings. The average molecular weight is 964 g/mol. The third kappa shape index (κ3) is 15.7. The molecule has 1 saturated heterocycles. The van der Waals surface area contributed by atoms with E-state index in [4.69, 9.17) is 33.5 Å². The third-order valence-corrected chi connectivity index (χ3v) is 21.3. The molecule has 0 aliphatic carbocycles. The second-order valence-corrected chi connectivity index (χ2v) is 31.8. The van der Waals surface area contributed by atoms with Crippen molar-refractivity contribution in [3.8, 4) is 5.75 Å². The maximum atomic E-state index is 14.6. The molecule has 2 aromatic rings. The molecule has 7 atom stereocenters. The van der Waals surface area contributed by atoms with Crippen molar-refractivity contribution in [2.45, 2.75) is 199 Å². The molecule has 0 bridgehead atoms. The van der Waals surface area contributed by atoms with Crippen LogP contribution in [0.4, 0.5) is 0 Å². The highest BCUT2D eigenvalue weighted by Gasteiger charge is 2.58. The summed E-state index contributed by atoms with van der Waals surface area (Å²) in [5, 5.41) is 17.9. The third-order valence-electron chi connectivity index (χ3n) is 12.3. The zero-order valence-electron chi connectivity index (χ0n) is 42.7. The van der Waals surface area contributed by atoms with Crippen LogP contribution in [0.25, 0.3) is 0 Å². The van der Waals surface area contributed by atoms with Crippen molar-refractivity contribution >= 4 is 34.5 Å². The Balaban J connectivity index is 2.08. The fourth-order valence-electron chi connectivity index (χ4n) is 6.63. The first-order valence-corrected chi connectivity index (χ1v) is 28.8. The second kappa shape index (κ2) is 22.2. The van der Waals surface area contributed by atoms with E-state index in [1.165, 1.54) is 16.8 Å². The van der Waals surface area contributed by atoms with Gasteiger partial charge in [-0.15, -0.1) is 0 Å². The van der Waals surface area contributed by atoms with Gasteiger partial charge in [-0.3, -0.25) is 28.3 Å². The number of rotatable bonds is 20. The van der Waals surface area contributed by atoms with E-state index in [9.17, 15) is 29.1 Å². The van der Waals surface area contributed by atoms with E-state index in [0.717, 1.165) is 4.57 Å². The van der Waals surface area contributed by atoms with Gasteiger partial charge < -0.3 is 49.3 Å². The number of ether oxygens (including phenoxy) is 4. The number of amides is 1. The van der Waals surface area contributed by atoms with E-state index < -0.39 is 99.7 Å². The van der Waals surface area contributed by atoms with Crippen molar-refractivity contribution in [1.82, 2.24) is 19.8 Å². The molecule has 1 fully saturated rings. The normalized spacial score (nSPS) is 20.0. The van der Waals surface area contributed by atoms with Crippen LogP contribution in [0.5, 0.6) is 5.75 Å². The highest BCUT2D eigenvalue weighted by atomic mass is 28.4. The number of nitrogens with two attached hydrogens (primary N) is 1. The molecule has 5 N–H and O–H groups in total. The minimum absolute atomic E-state index is 0.0167. The Kier molecular flexibility index (Phi) is 19.0. The first-order valence-electron chi connectivity index (χ1n) is 22.9. The summed E-state index contributed by atoms with van der Waals surface area (Å²) in [4.78, 5) is 67.1. The Morgan fingerprint density at radius 1 is 0.818 bits per heavy atom. The van der Waals surface area contributed by atoms with Gasteiger partial charge >= 0.3 is 17.6 Å². The van der Waals surface area contributed by atoms with E-state index in [-0.39, 0.29) is 42.6 Å². The maximum Gasteiger partial charge on any atom is 0.333 e. The predicted molar refractivity (Wildman–Crippen MR) is 259 cm³/mol. The molecule has 0 radical (unpaired) electrons. The molecular weight excluding hydrogens is 883 g/mol. The summed E-state index contributed by atoms with van der Waals surface area (Å²) in [6.07, 6.45) is -4.32. The molecule has 1 aromatic heterocycles. The van der Waals surface area contributed by atoms with Crippen LogP contribution < -0.4 is 32.4 Å². The minimum Gasteiger partial charge on any atom is -0.497 e. The molecule has 3 rings (SSSR count). The SMILES string of the molecule is COc1ccc(Cn2c(=O)ccn([C@@H]3OC([C@H](O)[C@H](NCCCNC(=O)[C@@H](N)CCC(=O)OC(C)(C)C)C(=O)OC(C)(C)C)[C@@H](O[Si](C)(C)C(C)(C)C)[C@H]3O[Si](C)(C)C(C)(C)C)c2=O)cc1. The summed E-state index contributed by atoms with van der Waals surface area (Å²) in [6.45, 7) is 31.5. The number of carbonyl (C=O) groups is 3. The average Bonchev–Trinajstić information content (AvgIpc) is 3.49. The number of hydrogen-bond acceptors (Lipinski definition) is 14. The number of methoxy groups -OCH3 is 1. The largest absolute Gasteiger partial charge is 0.497 e. The van der Waals surface area contributed by atoms with Gasteiger partial charge in [-0.05, 0) is 115 Å². The molecule has 1 aliphatic heterocycles. The van der Waals surface area contributed by atoms with Gasteiger partial charge in [0.15, 0.2) is 22.9 Å². The van der Waals surface area contributed by atoms with Crippen molar-refractivity contribution in [2.24, 2.45) is 5.73 Å². The number of aromatic nitrogens is 2. The number of nitrogens with zero attached hydrogens (tertiary/aromatic N) is 2. The van der Waals surface area contributed by atoms with Crippen LogP contribution in [-0.4, -0.2) is 117 Å². The van der Waals surface area contributed by atoms with Crippen molar-refractivity contribution in [3.63, 3.8) is 0 Å². The number of nitrogens with one attached hydrogen (secondary N) is 2. The molecule has 1 amide bonds. The van der Waals surface area contributed by atoms with Gasteiger partial charge in [-0.2, -0.15) is 0 Å². The first kappa shape index (κ1) is 56.6. The number of carbonyl (C=O) groups excluding carboxylic acids is 3. The summed E-state index contributed by atoms with van der Waals surface area (Å²) < 4.78 is 40.1. The molecule has 0 spiro atoms. The van der Waals surface area contributed by atoms with Crippen LogP contribution in [0.3, 0.4) is 0 Å². The Morgan fingerprint density at radius 2 is 1.36 bits per heavy atom. The molecule has 1 aromatic carbocycles. The summed E-state index contributed by atoms with van der Waals surface area (Å²) in [5.74, 6) is -1.03. The molecule has 17 nitrogen and oxygen atoms in total. The highest BCUT2D eigenvalue weighted by molar-refractivity contribution is 6.74. The zero-order chi connectivity index (χ0) is 50.4. The summed E-state index contributed by atoms with van der Waals surface area (Å²) >= 11 is 0. The molecule has 1 unspecified atom stereocenters. The quantitative estimate of drug-likeness (QED) is 0.0746. The lowest BCUT2D eigenvalue weighted by Crippen LogP contribution is -2.59. The maximum absolute atomic E-state index is 14.6. The standard InChI is InChI=1S/C47H81N5O12Si2/c1-44(2,3)61-34(54)24-23-32(48)40(56)50-27-18-26-49-35(42(57)62-45(4,5)6)36(55)37-38(63-65(14,15)46(7,8)9)39(64-66(16,17)47(10,11)12)41(60-37)51-28-25-33(53)52(43(51)58)29-30-19-21-31(59-13)22-20-30/h19-22,25,28,32,35-39,41,49,55H,18,23-24,26-27,29,48H2,1-17H3,(H,50,56)/t32-,35-,36+,37?,38+,39+,41+/m0/s1. The number of aliphatic hydroxyl groups is 1. The van der Waals surface area contributed by atoms with Gasteiger partial charge in [-0.1, -0.05) is 53.7 Å². The van der Waals surface area contributed by atoms with Crippen LogP contribution in [0.15, 0.2) is 46.1 Å². The van der Waals surface area contributed by atoms with Crippen LogP contribution in [0.2, 0.25) is 36.3 Å². The Bertz CT molecular complexity index is 2060. The molecular formula is C47H81N5O12Si2. The second-order valence-electron chi connectivity index (χ2n) is 22.3. The topological polar surface area (TPSA) is 221 Å². The van der Waals surface area contributed by atoms with Crippen LogP contribution >= 0.6 is 0 Å². The van der Waals surface area contributed by atoms with Gasteiger partial charge in [0.1, 0.15) is 47.4 Å².